The maximum absolute atomic E-state index is 14.7. The molecular weight excluding hydrogens is 1020 g/mol. The van der Waals surface area contributed by atoms with Crippen molar-refractivity contribution in [2.24, 2.45) is 5.41 Å². The van der Waals surface area contributed by atoms with Gasteiger partial charge in [-0.15, -0.1) is 46.1 Å². The summed E-state index contributed by atoms with van der Waals surface area (Å²) in [6.45, 7) is 18.7. The summed E-state index contributed by atoms with van der Waals surface area (Å²) in [5, 5.41) is 8.65. The van der Waals surface area contributed by atoms with E-state index in [2.05, 4.69) is 173 Å². The molecule has 10 aromatic rings. The van der Waals surface area contributed by atoms with Crippen molar-refractivity contribution in [3.63, 3.8) is 0 Å². The molecule has 0 spiro atoms. The van der Waals surface area contributed by atoms with Crippen molar-refractivity contribution >= 4 is 77.3 Å². The number of hydrogen-bond donors (Lipinski definition) is 0. The van der Waals surface area contributed by atoms with Gasteiger partial charge in [-0.25, -0.2) is 5.56 Å². The van der Waals surface area contributed by atoms with Crippen molar-refractivity contribution in [2.75, 3.05) is 0 Å². The molecule has 8 aromatic carbocycles. The van der Waals surface area contributed by atoms with Gasteiger partial charge in [0.1, 0.15) is 0 Å². The first kappa shape index (κ1) is 41.0. The van der Waals surface area contributed by atoms with Crippen molar-refractivity contribution < 1.29 is 31.3 Å². The predicted octanol–water partition coefficient (Wildman–Crippen LogP) is 16.9. The Kier molecular flexibility index (Phi) is 11.5. The molecule has 2 aromatic heterocycles. The summed E-state index contributed by atoms with van der Waals surface area (Å²) >= 11 is 1.85. The first-order chi connectivity index (χ1) is 32.9. The molecule has 0 radical (unpaired) electrons. The molecule has 0 aliphatic carbocycles. The minimum Gasteiger partial charge on any atom is -0.333 e. The summed E-state index contributed by atoms with van der Waals surface area (Å²) in [4.78, 5) is 5.26. The second-order valence-electron chi connectivity index (χ2n) is 19.8. The van der Waals surface area contributed by atoms with Gasteiger partial charge in [0.25, 0.3) is 0 Å². The fourth-order valence-corrected chi connectivity index (χ4v) is 11.5. The third-order valence-electron chi connectivity index (χ3n) is 12.1. The molecule has 0 saturated heterocycles. The van der Waals surface area contributed by atoms with E-state index in [1.165, 1.54) is 64.6 Å². The summed E-state index contributed by atoms with van der Waals surface area (Å²) < 4.78 is 59.4. The van der Waals surface area contributed by atoms with Crippen molar-refractivity contribution in [1.82, 2.24) is 9.55 Å². The van der Waals surface area contributed by atoms with Crippen molar-refractivity contribution in [3.05, 3.63) is 174 Å². The maximum Gasteiger partial charge on any atom is 3.00 e. The van der Waals surface area contributed by atoms with E-state index in [0.717, 1.165) is 33.7 Å². The molecule has 2 heterocycles. The molecule has 66 heavy (non-hydrogen) atoms. The molecule has 0 bridgehead atoms. The Morgan fingerprint density at radius 1 is 0.712 bits per heavy atom. The first-order valence-corrected chi connectivity index (χ1v) is 26.8. The van der Waals surface area contributed by atoms with Crippen LogP contribution in [-0.4, -0.2) is 17.6 Å². The van der Waals surface area contributed by atoms with Gasteiger partial charge in [-0.2, -0.15) is 47.2 Å². The number of thiophene rings is 1. The second-order valence-corrected chi connectivity index (χ2v) is 26.0. The van der Waals surface area contributed by atoms with Crippen molar-refractivity contribution in [2.45, 2.75) is 93.2 Å². The second kappa shape index (κ2) is 18.5. The molecule has 0 aliphatic rings. The fourth-order valence-electron chi connectivity index (χ4n) is 8.99. The van der Waals surface area contributed by atoms with Crippen LogP contribution in [0.5, 0.6) is 0 Å². The zero-order chi connectivity index (χ0) is 50.2. The van der Waals surface area contributed by atoms with Gasteiger partial charge in [0.2, 0.25) is 0 Å². The Labute approximate surface area is 416 Å². The Balaban J connectivity index is 0.000000205. The van der Waals surface area contributed by atoms with Crippen LogP contribution in [0, 0.1) is 36.3 Å². The largest absolute Gasteiger partial charge is 3.00 e. The van der Waals surface area contributed by atoms with E-state index in [1.807, 2.05) is 32.1 Å². The van der Waals surface area contributed by atoms with Crippen LogP contribution >= 0.6 is 11.3 Å². The summed E-state index contributed by atoms with van der Waals surface area (Å²) in [6.07, 6.45) is -1.64. The molecule has 0 saturated carbocycles. The maximum atomic E-state index is 14.7. The monoisotopic (exact) mass is 1080 g/mol. The van der Waals surface area contributed by atoms with Crippen LogP contribution in [0.15, 0.2) is 127 Å². The van der Waals surface area contributed by atoms with Crippen molar-refractivity contribution in [3.8, 4) is 28.2 Å². The molecule has 10 rings (SSSR count). The number of halogens is 1. The molecule has 0 fully saturated rings. The predicted molar refractivity (Wildman–Crippen MR) is 282 cm³/mol. The van der Waals surface area contributed by atoms with E-state index < -0.39 is 32.5 Å². The van der Waals surface area contributed by atoms with Crippen LogP contribution in [0.1, 0.15) is 89.4 Å². The van der Waals surface area contributed by atoms with E-state index in [4.69, 9.17) is 11.8 Å². The van der Waals surface area contributed by atoms with Crippen LogP contribution in [0.4, 0.5) is 4.39 Å². The van der Waals surface area contributed by atoms with E-state index in [9.17, 15) is 4.39 Å². The molecule has 2 nitrogen and oxygen atoms in total. The van der Waals surface area contributed by atoms with Gasteiger partial charge in [-0.05, 0) is 96.5 Å². The first-order valence-electron chi connectivity index (χ1n) is 25.0. The quantitative estimate of drug-likeness (QED) is 0.0883. The topological polar surface area (TPSA) is 17.8 Å². The number of aryl methyl sites for hydroxylation is 1. The van der Waals surface area contributed by atoms with Gasteiger partial charge in [-0.1, -0.05) is 147 Å². The van der Waals surface area contributed by atoms with Crippen LogP contribution in [0.2, 0.25) is 19.6 Å². The average Bonchev–Trinajstić information content (AvgIpc) is 3.87. The zero-order valence-electron chi connectivity index (χ0n) is 44.3. The molecule has 0 N–H and O–H groups in total. The Bertz CT molecular complexity index is 3610. The summed E-state index contributed by atoms with van der Waals surface area (Å²) in [6, 6.07) is 52.8. The molecule has 6 heteroatoms. The molecular formula is C60H58FIrN2SSi. The molecule has 334 valence electrons. The van der Waals surface area contributed by atoms with E-state index in [-0.39, 0.29) is 31.2 Å². The van der Waals surface area contributed by atoms with Gasteiger partial charge >= 0.3 is 20.1 Å². The number of hydrogen-bond acceptors (Lipinski definition) is 2. The number of benzene rings is 8. The molecule has 0 amide bonds. The molecule has 0 atom stereocenters. The van der Waals surface area contributed by atoms with Gasteiger partial charge in [-0.3, -0.25) is 9.37 Å². The van der Waals surface area contributed by atoms with Crippen molar-refractivity contribution in [1.29, 1.82) is 0 Å². The van der Waals surface area contributed by atoms with Crippen LogP contribution in [0.25, 0.3) is 81.0 Å². The van der Waals surface area contributed by atoms with Gasteiger partial charge in [0.15, 0.2) is 0 Å². The minimum absolute atomic E-state index is 0. The van der Waals surface area contributed by atoms with Gasteiger partial charge < -0.3 is 4.57 Å². The van der Waals surface area contributed by atoms with E-state index in [0.29, 0.717) is 23.0 Å². The summed E-state index contributed by atoms with van der Waals surface area (Å²) in [7, 11) is -1.89. The number of aromatic nitrogens is 2. The Morgan fingerprint density at radius 3 is 2.09 bits per heavy atom. The molecule has 0 aliphatic heterocycles. The SMILES string of the molecule is CC(C)c1cccc(C(C)C)c1-n1c(-c2[c-]cc3sc4cc5ccc6ccccc6c5cc4c3c2)nc2ccccc21.[2H]C([2H])([2H])c1c[c-]c(-c2[c-]cc([Si](C)(C)C)c(C([2H])([2H])C(C)(C)C)c2)c(F)c1.[Ir+3]. The van der Waals surface area contributed by atoms with Gasteiger partial charge in [0, 0.05) is 25.3 Å². The minimum atomic E-state index is -2.41. The summed E-state index contributed by atoms with van der Waals surface area (Å²) in [5.74, 6) is 0.998. The number of rotatable bonds is 7. The zero-order valence-corrected chi connectivity index (χ0v) is 43.5. The summed E-state index contributed by atoms with van der Waals surface area (Å²) in [5.41, 5.74) is 7.33. The smallest absolute Gasteiger partial charge is 0.333 e. The third-order valence-corrected chi connectivity index (χ3v) is 15.2. The van der Waals surface area contributed by atoms with Crippen LogP contribution < -0.4 is 5.19 Å². The average molecular weight is 1080 g/mol. The van der Waals surface area contributed by atoms with Crippen LogP contribution in [-0.2, 0) is 26.5 Å². The van der Waals surface area contributed by atoms with E-state index >= 15 is 0 Å². The molecule has 0 unspecified atom stereocenters. The normalized spacial score (nSPS) is 13.7. The Hall–Kier alpha value is -5.23. The number of para-hydroxylation sites is 3. The van der Waals surface area contributed by atoms with Crippen LogP contribution in [0.3, 0.4) is 0 Å². The van der Waals surface area contributed by atoms with Gasteiger partial charge in [0.05, 0.1) is 16.9 Å². The number of nitrogens with zero attached hydrogens (tertiary/aromatic N) is 2. The fraction of sp³-hybridized carbons (Fsp3) is 0.250. The van der Waals surface area contributed by atoms with E-state index in [1.54, 1.807) is 12.1 Å². The number of imidazole rings is 1. The standard InChI is InChI=1S/C39H31N2S.C21H27FSi.Ir/c1-23(2)28-12-9-13-29(24(3)4)38(28)41-35-15-8-7-14-34(35)40-39(41)27-18-19-36-32(20-27)33-22-31-26(21-37(33)42-36)17-16-25-10-5-6-11-30(25)31;1-15-8-10-18(19(22)12-15)16-9-11-20(23(5,6)7)17(13-16)14-21(2,3)4;/h5-17,19-24H,1-4H3;8,11-13H,14H2,1-7H3;/q-1;-2;+3/i;1D3,14D2;. The third kappa shape index (κ3) is 9.23. The Morgan fingerprint density at radius 2 is 1.39 bits per heavy atom. The number of fused-ring (bicyclic) bond motifs is 7.